The number of carbonyl (C=O) groups excluding carboxylic acids is 1. The van der Waals surface area contributed by atoms with E-state index in [2.05, 4.69) is 18.2 Å². The van der Waals surface area contributed by atoms with Gasteiger partial charge < -0.3 is 9.59 Å². The summed E-state index contributed by atoms with van der Waals surface area (Å²) in [5, 5.41) is 10.0. The van der Waals surface area contributed by atoms with E-state index in [9.17, 15) is 10.1 Å². The summed E-state index contributed by atoms with van der Waals surface area (Å²) in [7, 11) is 0. The van der Waals surface area contributed by atoms with Crippen molar-refractivity contribution < 1.29 is 45.4 Å². The second kappa shape index (κ2) is 4.67. The third-order valence-corrected chi connectivity index (χ3v) is 5.20. The molecule has 5 heteroatoms. The fourth-order valence-electron chi connectivity index (χ4n) is 3.23. The summed E-state index contributed by atoms with van der Waals surface area (Å²) < 4.78 is 3.81. The average molecular weight is 239 g/mol. The molecule has 0 heterocycles. The fraction of sp³-hybridized carbons (Fsp3) is 0.900. The Hall–Kier alpha value is 0.940. The van der Waals surface area contributed by atoms with Crippen molar-refractivity contribution in [2.45, 2.75) is 33.1 Å². The van der Waals surface area contributed by atoms with Crippen molar-refractivity contribution in [2.75, 3.05) is 5.75 Å². The summed E-state index contributed by atoms with van der Waals surface area (Å²) in [6, 6.07) is 0. The maximum Gasteiger partial charge on any atom is 1.00 e. The molecular formula is C10H16NaO3S+. The van der Waals surface area contributed by atoms with Crippen LogP contribution >= 0.6 is 12.0 Å². The van der Waals surface area contributed by atoms with Gasteiger partial charge in [-0.05, 0) is 36.2 Å². The SMILES string of the molecule is CC1(C)C2CCC1(CSO[O-])C(=O)C2.[H+].[Na+]. The molecule has 0 aromatic rings. The zero-order chi connectivity index (χ0) is 10.4. The topological polar surface area (TPSA) is 49.4 Å². The number of hydrogen-bond donors (Lipinski definition) is 0. The summed E-state index contributed by atoms with van der Waals surface area (Å²) in [5.74, 6) is 1.38. The molecule has 2 atom stereocenters. The Bertz CT molecular complexity index is 275. The number of rotatable bonds is 3. The van der Waals surface area contributed by atoms with Gasteiger partial charge in [0, 0.05) is 17.6 Å². The van der Waals surface area contributed by atoms with Crippen LogP contribution in [0.3, 0.4) is 0 Å². The van der Waals surface area contributed by atoms with E-state index < -0.39 is 0 Å². The standard InChI is InChI=1S/C10H16O3S.Na/c1-9(2)7-3-4-10(9,6-14-13-12)8(11)5-7;/h7,12H,3-6H2,1-2H3;/q;+1. The zero-order valence-corrected chi connectivity index (χ0v) is 12.4. The van der Waals surface area contributed by atoms with Gasteiger partial charge in [0.2, 0.25) is 0 Å². The van der Waals surface area contributed by atoms with E-state index in [0.717, 1.165) is 24.9 Å². The molecule has 0 radical (unpaired) electrons. The molecule has 0 amide bonds. The van der Waals surface area contributed by atoms with Crippen LogP contribution in [0, 0.1) is 16.7 Å². The van der Waals surface area contributed by atoms with Gasteiger partial charge >= 0.3 is 31.0 Å². The fourth-order valence-corrected chi connectivity index (χ4v) is 4.16. The molecule has 2 bridgehead atoms. The minimum atomic E-state index is -0.285. The molecule has 0 aliphatic heterocycles. The van der Waals surface area contributed by atoms with E-state index >= 15 is 0 Å². The van der Waals surface area contributed by atoms with Crippen LogP contribution in [0.15, 0.2) is 0 Å². The molecule has 0 aromatic carbocycles. The first-order chi connectivity index (χ1) is 6.54. The Morgan fingerprint density at radius 3 is 2.73 bits per heavy atom. The van der Waals surface area contributed by atoms with Gasteiger partial charge in [-0.2, -0.15) is 0 Å². The second-order valence-corrected chi connectivity index (χ2v) is 5.66. The van der Waals surface area contributed by atoms with E-state index in [4.69, 9.17) is 0 Å². The van der Waals surface area contributed by atoms with Crippen LogP contribution in [-0.2, 0) is 9.13 Å². The first kappa shape index (κ1) is 14.0. The first-order valence-electron chi connectivity index (χ1n) is 4.99. The monoisotopic (exact) mass is 239 g/mol. The molecule has 3 nitrogen and oxygen atoms in total. The average Bonchev–Trinajstić information content (AvgIpc) is 2.48. The maximum atomic E-state index is 11.9. The van der Waals surface area contributed by atoms with Crippen molar-refractivity contribution >= 4 is 17.8 Å². The number of fused-ring (bicyclic) bond motifs is 2. The van der Waals surface area contributed by atoms with Crippen LogP contribution < -0.4 is 34.8 Å². The maximum absolute atomic E-state index is 11.9. The molecule has 15 heavy (non-hydrogen) atoms. The van der Waals surface area contributed by atoms with Gasteiger partial charge in [-0.1, -0.05) is 13.8 Å². The van der Waals surface area contributed by atoms with Gasteiger partial charge in [0.15, 0.2) is 0 Å². The zero-order valence-electron chi connectivity index (χ0n) is 10.5. The molecule has 2 fully saturated rings. The van der Waals surface area contributed by atoms with E-state index in [1.807, 2.05) is 0 Å². The van der Waals surface area contributed by atoms with Crippen LogP contribution in [0.5, 0.6) is 0 Å². The minimum absolute atomic E-state index is 0. The number of ketones is 1. The van der Waals surface area contributed by atoms with Crippen molar-refractivity contribution in [3.8, 4) is 0 Å². The Morgan fingerprint density at radius 2 is 2.33 bits per heavy atom. The first-order valence-corrected chi connectivity index (χ1v) is 5.90. The Labute approximate surface area is 118 Å². The van der Waals surface area contributed by atoms with Gasteiger partial charge in [0.05, 0.1) is 0 Å². The van der Waals surface area contributed by atoms with E-state index in [1.54, 1.807) is 0 Å². The molecule has 2 saturated carbocycles. The third kappa shape index (κ3) is 1.83. The van der Waals surface area contributed by atoms with Gasteiger partial charge in [0.1, 0.15) is 5.78 Å². The molecule has 2 unspecified atom stereocenters. The summed E-state index contributed by atoms with van der Waals surface area (Å²) in [6.45, 7) is 4.31. The van der Waals surface area contributed by atoms with E-state index in [1.165, 1.54) is 0 Å². The van der Waals surface area contributed by atoms with Crippen LogP contribution in [0.25, 0.3) is 0 Å². The molecule has 2 aliphatic carbocycles. The van der Waals surface area contributed by atoms with Gasteiger partial charge in [0.25, 0.3) is 0 Å². The number of hydrogen-bond acceptors (Lipinski definition) is 4. The van der Waals surface area contributed by atoms with Crippen LogP contribution in [0.1, 0.15) is 34.5 Å². The van der Waals surface area contributed by atoms with Crippen molar-refractivity contribution in [1.29, 1.82) is 0 Å². The Kier molecular flexibility index (Phi) is 4.36. The van der Waals surface area contributed by atoms with Gasteiger partial charge in [-0.15, -0.1) is 0 Å². The molecule has 0 aromatic heterocycles. The smallest absolute Gasteiger partial charge is 0.711 e. The van der Waals surface area contributed by atoms with Crippen LogP contribution in [0.4, 0.5) is 0 Å². The van der Waals surface area contributed by atoms with Crippen LogP contribution in [-0.4, -0.2) is 11.5 Å². The molecule has 80 valence electrons. The van der Waals surface area contributed by atoms with Gasteiger partial charge in [-0.25, -0.2) is 0 Å². The van der Waals surface area contributed by atoms with E-state index in [-0.39, 0.29) is 41.8 Å². The molecular weight excluding hydrogens is 223 g/mol. The molecule has 2 aliphatic rings. The van der Waals surface area contributed by atoms with Crippen molar-refractivity contribution in [3.05, 3.63) is 0 Å². The Balaban J connectivity index is 0.00000112. The summed E-state index contributed by atoms with van der Waals surface area (Å²) in [4.78, 5) is 11.9. The molecule has 0 N–H and O–H groups in total. The third-order valence-electron chi connectivity index (χ3n) is 4.49. The predicted octanol–water partition coefficient (Wildman–Crippen LogP) is -1.56. The van der Waals surface area contributed by atoms with Gasteiger partial charge in [-0.3, -0.25) is 4.79 Å². The quantitative estimate of drug-likeness (QED) is 0.259. The second-order valence-electron chi connectivity index (χ2n) is 5.00. The largest absolute Gasteiger partial charge is 1.00 e. The molecule has 0 saturated heterocycles. The van der Waals surface area contributed by atoms with Crippen LogP contribution in [0.2, 0.25) is 0 Å². The minimum Gasteiger partial charge on any atom is -0.711 e. The van der Waals surface area contributed by atoms with Crippen molar-refractivity contribution in [2.24, 2.45) is 16.7 Å². The van der Waals surface area contributed by atoms with E-state index in [0.29, 0.717) is 23.9 Å². The molecule has 0 spiro atoms. The normalized spacial score (nSPS) is 36.7. The van der Waals surface area contributed by atoms with Crippen molar-refractivity contribution in [1.82, 2.24) is 0 Å². The predicted molar refractivity (Wildman–Crippen MR) is 53.2 cm³/mol. The summed E-state index contributed by atoms with van der Waals surface area (Å²) >= 11 is 0.885. The summed E-state index contributed by atoms with van der Waals surface area (Å²) in [5.41, 5.74) is -0.234. The number of carbonyl (C=O) groups is 1. The summed E-state index contributed by atoms with van der Waals surface area (Å²) in [6.07, 6.45) is 2.75. The Morgan fingerprint density at radius 1 is 1.67 bits per heavy atom. The molecule has 2 rings (SSSR count). The number of Topliss-reactive ketones (excluding diaryl/α,β-unsaturated/α-hetero) is 1. The van der Waals surface area contributed by atoms with Crippen molar-refractivity contribution in [3.63, 3.8) is 0 Å².